The Kier molecular flexibility index (Phi) is 16.6. The molecule has 15 nitrogen and oxygen atoms in total. The molecule has 0 amide bonds. The number of fused-ring (bicyclic) bond motifs is 4. The van der Waals surface area contributed by atoms with E-state index in [-0.39, 0.29) is 11.9 Å². The van der Waals surface area contributed by atoms with Crippen LogP contribution in [0.5, 0.6) is 0 Å². The Morgan fingerprint density at radius 1 is 0.778 bits per heavy atom. The molecular formula is C44H69ClN10O5S2Si. The van der Waals surface area contributed by atoms with Gasteiger partial charge in [-0.25, -0.2) is 31.3 Å². The van der Waals surface area contributed by atoms with Gasteiger partial charge in [-0.3, -0.25) is 0 Å². The second-order valence-corrected chi connectivity index (χ2v) is 29.0. The van der Waals surface area contributed by atoms with Crippen molar-refractivity contribution in [2.45, 2.75) is 160 Å². The van der Waals surface area contributed by atoms with Crippen LogP contribution in [0.25, 0.3) is 0 Å². The molecule has 0 aliphatic heterocycles. The number of H-pyrrole nitrogens is 1. The van der Waals surface area contributed by atoms with Crippen molar-refractivity contribution in [3.05, 3.63) is 56.6 Å². The van der Waals surface area contributed by atoms with E-state index < -0.39 is 32.3 Å². The molecule has 2 heterocycles. The fourth-order valence-electron chi connectivity index (χ4n) is 8.60. The van der Waals surface area contributed by atoms with Gasteiger partial charge in [0, 0.05) is 43.3 Å². The second-order valence-electron chi connectivity index (χ2n) is 19.2. The average molecular weight is 946 g/mol. The molecule has 0 spiro atoms. The van der Waals surface area contributed by atoms with Crippen molar-refractivity contribution in [3.8, 4) is 0 Å². The first-order chi connectivity index (χ1) is 29.8. The SMILES string of the molecule is CC(C)CCN.CC(C)CCNS(=O)(=O)c1nc(Nc2c3c(cc4c2CCC4)CCC3)n[nH]1.C[Si](C)(C)CCOCn1nc(S(=O)(=O)Cl)nc1Nc1c2c(cc3c1CCC3)CCC2. The highest BCUT2D eigenvalue weighted by molar-refractivity contribution is 8.13. The summed E-state index contributed by atoms with van der Waals surface area (Å²) in [5.41, 5.74) is 18.4. The molecule has 4 aliphatic rings. The van der Waals surface area contributed by atoms with Gasteiger partial charge in [0.05, 0.1) is 0 Å². The third-order valence-corrected chi connectivity index (χ3v) is 16.0. The minimum Gasteiger partial charge on any atom is -0.359 e. The maximum atomic E-state index is 12.4. The summed E-state index contributed by atoms with van der Waals surface area (Å²) >= 11 is 0. The van der Waals surface area contributed by atoms with Crippen LogP contribution < -0.4 is 21.1 Å². The Labute approximate surface area is 380 Å². The number of nitrogens with two attached hydrogens (primary N) is 1. The normalized spacial score (nSPS) is 15.4. The lowest BCUT2D eigenvalue weighted by molar-refractivity contribution is 0.0792. The van der Waals surface area contributed by atoms with Crippen molar-refractivity contribution in [2.24, 2.45) is 17.6 Å². The number of hydrogen-bond donors (Lipinski definition) is 5. The molecule has 4 aromatic rings. The van der Waals surface area contributed by atoms with Crippen LogP contribution in [0.1, 0.15) is 111 Å². The number of sulfonamides is 1. The summed E-state index contributed by atoms with van der Waals surface area (Å²) in [4.78, 5) is 8.40. The highest BCUT2D eigenvalue weighted by atomic mass is 35.7. The quantitative estimate of drug-likeness (QED) is 0.0386. The number of aryl methyl sites for hydroxylation is 4. The van der Waals surface area contributed by atoms with Gasteiger partial charge in [0.1, 0.15) is 6.73 Å². The third kappa shape index (κ3) is 13.1. The predicted octanol–water partition coefficient (Wildman–Crippen LogP) is 8.08. The van der Waals surface area contributed by atoms with Gasteiger partial charge >= 0.3 is 0 Å². The molecule has 63 heavy (non-hydrogen) atoms. The standard InChI is InChI=1S/C20H29ClN4O3SSi.C19H27N5O2S.C5H13N/c1-30(2,3)11-10-28-13-25-19(23-20(24-25)29(21,26)27)22-18-16-8-4-6-14(16)12-15-7-5-9-17(15)18;1-12(2)9-10-20-27(25,26)19-22-18(23-24-19)21-17-15-7-3-5-13(15)11-14-6-4-8-16(14)17;1-5(2)3-4-6/h12H,4-11,13H2,1-3H3,(H,22,23,24);11-12,20H,3-10H2,1-2H3,(H2,21,22,23,24);5H,3-4,6H2,1-2H3. The van der Waals surface area contributed by atoms with Gasteiger partial charge < -0.3 is 21.1 Å². The maximum absolute atomic E-state index is 12.4. The van der Waals surface area contributed by atoms with Gasteiger partial charge in [0.15, 0.2) is 0 Å². The highest BCUT2D eigenvalue weighted by Gasteiger charge is 2.28. The molecular weight excluding hydrogens is 876 g/mol. The summed E-state index contributed by atoms with van der Waals surface area (Å²) in [6, 6.07) is 5.74. The molecule has 2 aromatic carbocycles. The van der Waals surface area contributed by atoms with E-state index >= 15 is 0 Å². The molecule has 4 aliphatic carbocycles. The van der Waals surface area contributed by atoms with Crippen LogP contribution >= 0.6 is 10.7 Å². The van der Waals surface area contributed by atoms with Crippen LogP contribution in [0.3, 0.4) is 0 Å². The van der Waals surface area contributed by atoms with E-state index in [4.69, 9.17) is 21.2 Å². The number of aromatic nitrogens is 6. The van der Waals surface area contributed by atoms with Gasteiger partial charge in [-0.2, -0.15) is 9.97 Å². The fourth-order valence-corrected chi connectivity index (χ4v) is 10.8. The number of hydrogen-bond acceptors (Lipinski definition) is 12. The predicted molar refractivity (Wildman–Crippen MR) is 254 cm³/mol. The van der Waals surface area contributed by atoms with Gasteiger partial charge in [-0.1, -0.05) is 59.5 Å². The Bertz CT molecular complexity index is 2370. The smallest absolute Gasteiger partial charge is 0.298 e. The first kappa shape index (κ1) is 49.0. The number of nitrogens with one attached hydrogen (secondary N) is 4. The van der Waals surface area contributed by atoms with Crippen molar-refractivity contribution in [3.63, 3.8) is 0 Å². The van der Waals surface area contributed by atoms with E-state index in [1.54, 1.807) is 0 Å². The average Bonchev–Trinajstić information content (AvgIpc) is 4.05. The van der Waals surface area contributed by atoms with Gasteiger partial charge in [0.2, 0.25) is 11.9 Å². The first-order valence-corrected chi connectivity index (χ1v) is 30.3. The first-order valence-electron chi connectivity index (χ1n) is 22.8. The van der Waals surface area contributed by atoms with Crippen molar-refractivity contribution >= 4 is 61.1 Å². The zero-order chi connectivity index (χ0) is 45.5. The van der Waals surface area contributed by atoms with E-state index in [0.717, 1.165) is 107 Å². The van der Waals surface area contributed by atoms with Crippen molar-refractivity contribution in [2.75, 3.05) is 30.3 Å². The summed E-state index contributed by atoms with van der Waals surface area (Å²) in [5.74, 6) is 1.88. The topological polar surface area (TPSA) is 212 Å². The number of anilines is 4. The molecule has 2 aromatic heterocycles. The van der Waals surface area contributed by atoms with Crippen LogP contribution in [0.2, 0.25) is 25.7 Å². The molecule has 8 rings (SSSR count). The Morgan fingerprint density at radius 3 is 1.73 bits per heavy atom. The largest absolute Gasteiger partial charge is 0.359 e. The molecule has 0 fully saturated rings. The summed E-state index contributed by atoms with van der Waals surface area (Å²) < 4.78 is 58.3. The Morgan fingerprint density at radius 2 is 1.29 bits per heavy atom. The lowest BCUT2D eigenvalue weighted by atomic mass is 9.99. The summed E-state index contributed by atoms with van der Waals surface area (Å²) in [6.07, 6.45) is 15.1. The number of rotatable bonds is 17. The van der Waals surface area contributed by atoms with Crippen molar-refractivity contribution in [1.82, 2.24) is 34.7 Å². The molecule has 0 saturated carbocycles. The Hall–Kier alpha value is -3.39. The summed E-state index contributed by atoms with van der Waals surface area (Å²) in [7, 11) is -3.40. The van der Waals surface area contributed by atoms with Crippen LogP contribution in [-0.2, 0) is 81.9 Å². The van der Waals surface area contributed by atoms with Crippen LogP contribution in [-0.4, -0.2) is 74.6 Å². The molecule has 348 valence electrons. The number of ether oxygens (including phenoxy) is 1. The fraction of sp³-hybridized carbons (Fsp3) is 0.636. The minimum absolute atomic E-state index is 0.128. The van der Waals surface area contributed by atoms with E-state index in [1.807, 2.05) is 0 Å². The van der Waals surface area contributed by atoms with Crippen LogP contribution in [0, 0.1) is 11.8 Å². The van der Waals surface area contributed by atoms with Crippen molar-refractivity contribution < 1.29 is 21.6 Å². The van der Waals surface area contributed by atoms with E-state index in [9.17, 15) is 16.8 Å². The van der Waals surface area contributed by atoms with Crippen molar-refractivity contribution in [1.29, 1.82) is 0 Å². The summed E-state index contributed by atoms with van der Waals surface area (Å²) in [6.45, 7) is 17.3. The van der Waals surface area contributed by atoms with E-state index in [1.165, 1.54) is 62.0 Å². The van der Waals surface area contributed by atoms with E-state index in [0.29, 0.717) is 31.0 Å². The number of nitrogens with zero attached hydrogens (tertiary/aromatic N) is 5. The molecule has 0 atom stereocenters. The monoisotopic (exact) mass is 944 g/mol. The highest BCUT2D eigenvalue weighted by Crippen LogP contribution is 2.41. The summed E-state index contributed by atoms with van der Waals surface area (Å²) in [5, 5.41) is 17.0. The minimum atomic E-state index is -4.03. The molecule has 0 saturated heterocycles. The Balaban J connectivity index is 0.000000187. The van der Waals surface area contributed by atoms with Crippen LogP contribution in [0.15, 0.2) is 22.4 Å². The third-order valence-electron chi connectivity index (χ3n) is 12.0. The van der Waals surface area contributed by atoms with Gasteiger partial charge in [-0.15, -0.1) is 10.2 Å². The lowest BCUT2D eigenvalue weighted by Gasteiger charge is -2.18. The molecule has 19 heteroatoms. The molecule has 0 radical (unpaired) electrons. The molecule has 0 bridgehead atoms. The zero-order valence-corrected chi connectivity index (χ0v) is 41.7. The lowest BCUT2D eigenvalue weighted by Crippen LogP contribution is -2.26. The van der Waals surface area contributed by atoms with Gasteiger partial charge in [-0.05, 0) is 159 Å². The number of halogens is 1. The number of aromatic amines is 1. The molecule has 6 N–H and O–H groups in total. The maximum Gasteiger partial charge on any atom is 0.298 e. The van der Waals surface area contributed by atoms with E-state index in [2.05, 4.69) is 100 Å². The second kappa shape index (κ2) is 21.3. The van der Waals surface area contributed by atoms with Crippen LogP contribution in [0.4, 0.5) is 23.3 Å². The zero-order valence-electron chi connectivity index (χ0n) is 38.3. The molecule has 0 unspecified atom stereocenters. The van der Waals surface area contributed by atoms with Gasteiger partial charge in [0.25, 0.3) is 29.4 Å². The number of benzene rings is 2.